The first kappa shape index (κ1) is 21.5. The van der Waals surface area contributed by atoms with Crippen LogP contribution in [0.2, 0.25) is 0 Å². The fourth-order valence-electron chi connectivity index (χ4n) is 3.44. The number of hydrogen-bond acceptors (Lipinski definition) is 3. The number of para-hydroxylation sites is 1. The van der Waals surface area contributed by atoms with Crippen molar-refractivity contribution in [3.05, 3.63) is 89.6 Å². The lowest BCUT2D eigenvalue weighted by atomic mass is 9.94. The molecule has 0 radical (unpaired) electrons. The molecule has 0 amide bonds. The zero-order chi connectivity index (χ0) is 22.2. The number of hydrogen-bond donors (Lipinski definition) is 1. The Hall–Kier alpha value is -2.77. The molecule has 1 N–H and O–H groups in total. The van der Waals surface area contributed by atoms with Crippen LogP contribution in [0.1, 0.15) is 16.7 Å². The molecule has 160 valence electrons. The van der Waals surface area contributed by atoms with Crippen molar-refractivity contribution in [2.24, 2.45) is 0 Å². The summed E-state index contributed by atoms with van der Waals surface area (Å²) < 4.78 is 43.8. The van der Waals surface area contributed by atoms with Gasteiger partial charge in [-0.25, -0.2) is 4.68 Å². The van der Waals surface area contributed by atoms with Crippen LogP contribution in [-0.4, -0.2) is 26.8 Å². The third kappa shape index (κ3) is 4.07. The fraction of sp³-hybridized carbons (Fsp3) is 0.208. The number of aromatic nitrogens is 2. The van der Waals surface area contributed by atoms with Gasteiger partial charge < -0.3 is 5.11 Å². The third-order valence-corrected chi connectivity index (χ3v) is 6.61. The molecule has 31 heavy (non-hydrogen) atoms. The SMILES string of the molecule is Cc1ccc(C)c(SCC(O)(c2ccc3c(cnn3-c3ccccc3)c2)C(F)(F)F)c1. The van der Waals surface area contributed by atoms with Crippen molar-refractivity contribution in [3.63, 3.8) is 0 Å². The van der Waals surface area contributed by atoms with E-state index in [2.05, 4.69) is 5.10 Å². The smallest absolute Gasteiger partial charge is 0.376 e. The molecule has 4 rings (SSSR count). The maximum Gasteiger partial charge on any atom is 0.422 e. The lowest BCUT2D eigenvalue weighted by Crippen LogP contribution is -2.44. The molecular weight excluding hydrogens is 421 g/mol. The minimum absolute atomic E-state index is 0.196. The first-order valence-electron chi connectivity index (χ1n) is 9.72. The van der Waals surface area contributed by atoms with Crippen molar-refractivity contribution >= 4 is 22.7 Å². The largest absolute Gasteiger partial charge is 0.422 e. The van der Waals surface area contributed by atoms with Gasteiger partial charge in [-0.3, -0.25) is 0 Å². The average molecular weight is 443 g/mol. The summed E-state index contributed by atoms with van der Waals surface area (Å²) >= 11 is 1.01. The number of fused-ring (bicyclic) bond motifs is 1. The molecule has 0 aliphatic heterocycles. The first-order chi connectivity index (χ1) is 14.7. The second-order valence-corrected chi connectivity index (χ2v) is 8.60. The highest BCUT2D eigenvalue weighted by Gasteiger charge is 2.55. The zero-order valence-electron chi connectivity index (χ0n) is 17.0. The number of halogens is 3. The molecule has 0 saturated carbocycles. The van der Waals surface area contributed by atoms with Crippen LogP contribution in [0.25, 0.3) is 16.6 Å². The van der Waals surface area contributed by atoms with Crippen LogP contribution in [0, 0.1) is 13.8 Å². The summed E-state index contributed by atoms with van der Waals surface area (Å²) in [6.07, 6.45) is -3.32. The third-order valence-electron chi connectivity index (χ3n) is 5.30. The summed E-state index contributed by atoms with van der Waals surface area (Å²) in [5, 5.41) is 15.7. The molecule has 4 aromatic rings. The average Bonchev–Trinajstić information content (AvgIpc) is 3.17. The number of aliphatic hydroxyl groups is 1. The Bertz CT molecular complexity index is 1220. The van der Waals surface area contributed by atoms with Gasteiger partial charge in [-0.05, 0) is 55.3 Å². The maximum absolute atomic E-state index is 14.1. The molecule has 7 heteroatoms. The monoisotopic (exact) mass is 442 g/mol. The van der Waals surface area contributed by atoms with Gasteiger partial charge in [0.05, 0.1) is 17.4 Å². The second kappa shape index (κ2) is 8.05. The Balaban J connectivity index is 1.71. The summed E-state index contributed by atoms with van der Waals surface area (Å²) in [5.41, 5.74) is 0.121. The van der Waals surface area contributed by atoms with E-state index in [9.17, 15) is 18.3 Å². The van der Waals surface area contributed by atoms with Gasteiger partial charge in [-0.1, -0.05) is 42.0 Å². The molecule has 1 heterocycles. The van der Waals surface area contributed by atoms with Crippen molar-refractivity contribution < 1.29 is 18.3 Å². The predicted octanol–water partition coefficient (Wildman–Crippen LogP) is 6.18. The Morgan fingerprint density at radius 1 is 0.968 bits per heavy atom. The van der Waals surface area contributed by atoms with Crippen LogP contribution < -0.4 is 0 Å². The van der Waals surface area contributed by atoms with E-state index < -0.39 is 17.5 Å². The van der Waals surface area contributed by atoms with E-state index in [-0.39, 0.29) is 5.56 Å². The Labute approximate surface area is 182 Å². The molecule has 0 aliphatic rings. The van der Waals surface area contributed by atoms with E-state index in [1.165, 1.54) is 18.3 Å². The first-order valence-corrected chi connectivity index (χ1v) is 10.7. The van der Waals surface area contributed by atoms with Crippen molar-refractivity contribution in [1.29, 1.82) is 0 Å². The molecule has 3 nitrogen and oxygen atoms in total. The number of alkyl halides is 3. The van der Waals surface area contributed by atoms with Crippen molar-refractivity contribution in [3.8, 4) is 5.69 Å². The van der Waals surface area contributed by atoms with Crippen molar-refractivity contribution in [2.75, 3.05) is 5.75 Å². The van der Waals surface area contributed by atoms with Gasteiger partial charge in [-0.15, -0.1) is 11.8 Å². The summed E-state index contributed by atoms with van der Waals surface area (Å²) in [6, 6.07) is 19.2. The Kier molecular flexibility index (Phi) is 5.58. The standard InChI is InChI=1S/C24H21F3N2OS/c1-16-8-9-17(2)22(12-16)31-15-23(30,24(25,26)27)19-10-11-21-18(13-19)14-28-29(21)20-6-4-3-5-7-20/h3-14,30H,15H2,1-2H3. The number of aryl methyl sites for hydroxylation is 2. The molecule has 1 unspecified atom stereocenters. The highest BCUT2D eigenvalue weighted by atomic mass is 32.2. The van der Waals surface area contributed by atoms with Crippen LogP contribution in [-0.2, 0) is 5.60 Å². The molecule has 1 atom stereocenters. The zero-order valence-corrected chi connectivity index (χ0v) is 17.8. The quantitative estimate of drug-likeness (QED) is 0.375. The van der Waals surface area contributed by atoms with E-state index in [1.807, 2.05) is 62.4 Å². The van der Waals surface area contributed by atoms with Crippen LogP contribution in [0.4, 0.5) is 13.2 Å². The Morgan fingerprint density at radius 2 is 1.71 bits per heavy atom. The van der Waals surface area contributed by atoms with E-state index in [0.717, 1.165) is 33.5 Å². The lowest BCUT2D eigenvalue weighted by Gasteiger charge is -2.31. The van der Waals surface area contributed by atoms with Gasteiger partial charge in [0.15, 0.2) is 5.60 Å². The molecule has 3 aromatic carbocycles. The van der Waals surface area contributed by atoms with Gasteiger partial charge in [-0.2, -0.15) is 18.3 Å². The normalized spacial score (nSPS) is 14.0. The van der Waals surface area contributed by atoms with E-state index in [4.69, 9.17) is 0 Å². The molecular formula is C24H21F3N2OS. The highest BCUT2D eigenvalue weighted by Crippen LogP contribution is 2.44. The van der Waals surface area contributed by atoms with Gasteiger partial charge in [0, 0.05) is 16.0 Å². The van der Waals surface area contributed by atoms with E-state index >= 15 is 0 Å². The lowest BCUT2D eigenvalue weighted by molar-refractivity contribution is -0.256. The van der Waals surface area contributed by atoms with Gasteiger partial charge >= 0.3 is 6.18 Å². The minimum Gasteiger partial charge on any atom is -0.376 e. The summed E-state index contributed by atoms with van der Waals surface area (Å²) in [5.74, 6) is -0.543. The number of benzene rings is 3. The van der Waals surface area contributed by atoms with Gasteiger partial charge in [0.25, 0.3) is 0 Å². The Morgan fingerprint density at radius 3 is 2.42 bits per heavy atom. The maximum atomic E-state index is 14.1. The predicted molar refractivity (Wildman–Crippen MR) is 118 cm³/mol. The molecule has 0 aliphatic carbocycles. The summed E-state index contributed by atoms with van der Waals surface area (Å²) in [6.45, 7) is 3.73. The number of nitrogens with zero attached hydrogens (tertiary/aromatic N) is 2. The van der Waals surface area contributed by atoms with Crippen molar-refractivity contribution in [1.82, 2.24) is 9.78 Å². The van der Waals surface area contributed by atoms with Gasteiger partial charge in [0.2, 0.25) is 0 Å². The number of rotatable bonds is 5. The minimum atomic E-state index is -4.83. The molecule has 0 bridgehead atoms. The number of thioether (sulfide) groups is 1. The molecule has 0 spiro atoms. The van der Waals surface area contributed by atoms with Gasteiger partial charge in [0.1, 0.15) is 0 Å². The van der Waals surface area contributed by atoms with Crippen LogP contribution in [0.15, 0.2) is 77.8 Å². The molecule has 0 fully saturated rings. The fourth-order valence-corrected chi connectivity index (χ4v) is 4.70. The van der Waals surface area contributed by atoms with Crippen LogP contribution in [0.5, 0.6) is 0 Å². The summed E-state index contributed by atoms with van der Waals surface area (Å²) in [7, 11) is 0. The van der Waals surface area contributed by atoms with Crippen LogP contribution >= 0.6 is 11.8 Å². The molecule has 0 saturated heterocycles. The van der Waals surface area contributed by atoms with Crippen LogP contribution in [0.3, 0.4) is 0 Å². The highest BCUT2D eigenvalue weighted by molar-refractivity contribution is 7.99. The summed E-state index contributed by atoms with van der Waals surface area (Å²) in [4.78, 5) is 0.723. The second-order valence-electron chi connectivity index (χ2n) is 7.58. The topological polar surface area (TPSA) is 38.1 Å². The van der Waals surface area contributed by atoms with Crippen molar-refractivity contribution in [2.45, 2.75) is 30.5 Å². The van der Waals surface area contributed by atoms with E-state index in [0.29, 0.717) is 10.9 Å². The van der Waals surface area contributed by atoms with E-state index in [1.54, 1.807) is 10.7 Å². The molecule has 1 aromatic heterocycles.